The van der Waals surface area contributed by atoms with E-state index in [4.69, 9.17) is 42.6 Å². The lowest BCUT2D eigenvalue weighted by atomic mass is 9.83. The van der Waals surface area contributed by atoms with Crippen LogP contribution in [0.25, 0.3) is 0 Å². The van der Waals surface area contributed by atoms with Crippen molar-refractivity contribution in [1.82, 2.24) is 0 Å². The Balaban J connectivity index is 1.09. The number of aliphatic hydroxyl groups excluding tert-OH is 15. The van der Waals surface area contributed by atoms with Gasteiger partial charge in [-0.25, -0.2) is 0 Å². The molecule has 5 aliphatic heterocycles. The van der Waals surface area contributed by atoms with Crippen LogP contribution < -0.4 is 0 Å². The Bertz CT molecular complexity index is 1470. The molecule has 15 N–H and O–H groups in total. The third kappa shape index (κ3) is 15.3. The summed E-state index contributed by atoms with van der Waals surface area (Å²) in [4.78, 5) is 0. The van der Waals surface area contributed by atoms with E-state index in [0.717, 1.165) is 6.42 Å². The van der Waals surface area contributed by atoms with Crippen LogP contribution >= 0.6 is 0 Å². The van der Waals surface area contributed by atoms with Gasteiger partial charge < -0.3 is 119 Å². The van der Waals surface area contributed by atoms with E-state index in [1.807, 2.05) is 27.7 Å². The molecule has 5 heterocycles. The van der Waals surface area contributed by atoms with Gasteiger partial charge in [-0.2, -0.15) is 0 Å². The Labute approximate surface area is 408 Å². The number of hydrogen-bond donors (Lipinski definition) is 15. The molecule has 5 aliphatic rings. The highest BCUT2D eigenvalue weighted by Gasteiger charge is 2.49. The van der Waals surface area contributed by atoms with Gasteiger partial charge in [0.25, 0.3) is 0 Å². The molecule has 0 spiro atoms. The van der Waals surface area contributed by atoms with Crippen molar-refractivity contribution in [3.63, 3.8) is 0 Å². The van der Waals surface area contributed by atoms with Crippen LogP contribution in [0.1, 0.15) is 59.8 Å². The molecule has 0 aromatic heterocycles. The van der Waals surface area contributed by atoms with Gasteiger partial charge in [-0.1, -0.05) is 27.7 Å². The van der Waals surface area contributed by atoms with E-state index in [9.17, 15) is 76.6 Å². The molecule has 412 valence electrons. The molecular formula is C46H84O24. The molecule has 5 fully saturated rings. The van der Waals surface area contributed by atoms with Crippen LogP contribution in [-0.4, -0.2) is 283 Å². The zero-order valence-corrected chi connectivity index (χ0v) is 40.6. The van der Waals surface area contributed by atoms with E-state index in [1.165, 1.54) is 0 Å². The lowest BCUT2D eigenvalue weighted by Gasteiger charge is -2.45. The van der Waals surface area contributed by atoms with Gasteiger partial charge in [-0.15, -0.1) is 0 Å². The Morgan fingerprint density at radius 3 is 1.06 bits per heavy atom. The van der Waals surface area contributed by atoms with Crippen molar-refractivity contribution in [3.8, 4) is 0 Å². The average molecular weight is 1020 g/mol. The van der Waals surface area contributed by atoms with Gasteiger partial charge in [-0.3, -0.25) is 0 Å². The summed E-state index contributed by atoms with van der Waals surface area (Å²) in [6, 6.07) is 0. The van der Waals surface area contributed by atoms with Crippen LogP contribution in [-0.2, 0) is 42.6 Å². The largest absolute Gasteiger partial charge is 0.394 e. The summed E-state index contributed by atoms with van der Waals surface area (Å²) in [6.45, 7) is 5.34. The number of rotatable bonds is 25. The highest BCUT2D eigenvalue weighted by Crippen LogP contribution is 2.34. The van der Waals surface area contributed by atoms with Crippen LogP contribution in [0.4, 0.5) is 0 Å². The van der Waals surface area contributed by atoms with Gasteiger partial charge >= 0.3 is 0 Å². The van der Waals surface area contributed by atoms with Gasteiger partial charge in [0.15, 0.2) is 0 Å². The lowest BCUT2D eigenvalue weighted by molar-refractivity contribution is -0.251. The Morgan fingerprint density at radius 1 is 0.314 bits per heavy atom. The molecule has 0 saturated carbocycles. The van der Waals surface area contributed by atoms with Crippen LogP contribution in [0.5, 0.6) is 0 Å². The second kappa shape index (κ2) is 28.3. The highest BCUT2D eigenvalue weighted by atomic mass is 16.6. The van der Waals surface area contributed by atoms with E-state index in [2.05, 4.69) is 0 Å². The van der Waals surface area contributed by atoms with E-state index < -0.39 is 165 Å². The van der Waals surface area contributed by atoms with Crippen molar-refractivity contribution in [2.45, 2.75) is 200 Å². The first-order valence-electron chi connectivity index (χ1n) is 24.8. The predicted molar refractivity (Wildman–Crippen MR) is 239 cm³/mol. The molecule has 0 aromatic carbocycles. The third-order valence-electron chi connectivity index (χ3n) is 14.4. The van der Waals surface area contributed by atoms with Crippen LogP contribution in [0, 0.1) is 23.7 Å². The van der Waals surface area contributed by atoms with Gasteiger partial charge in [0.1, 0.15) is 97.7 Å². The van der Waals surface area contributed by atoms with Gasteiger partial charge in [0.05, 0.1) is 95.6 Å². The molecule has 24 nitrogen and oxygen atoms in total. The fourth-order valence-corrected chi connectivity index (χ4v) is 9.92. The first-order chi connectivity index (χ1) is 33.2. The summed E-state index contributed by atoms with van der Waals surface area (Å²) >= 11 is 0. The van der Waals surface area contributed by atoms with E-state index in [-0.39, 0.29) is 71.6 Å². The second-order valence-electron chi connectivity index (χ2n) is 20.5. The summed E-state index contributed by atoms with van der Waals surface area (Å²) in [5.74, 6) is -1.27. The molecule has 24 heteroatoms. The molecule has 70 heavy (non-hydrogen) atoms. The molecule has 0 radical (unpaired) electrons. The maximum absolute atomic E-state index is 11.5. The normalized spacial score (nSPS) is 45.1. The molecule has 25 unspecified atom stereocenters. The molecule has 0 bridgehead atoms. The van der Waals surface area contributed by atoms with Crippen LogP contribution in [0.2, 0.25) is 0 Å². The van der Waals surface area contributed by atoms with Crippen molar-refractivity contribution in [3.05, 3.63) is 0 Å². The molecule has 0 aromatic rings. The molecule has 0 amide bonds. The van der Waals surface area contributed by atoms with Crippen molar-refractivity contribution in [2.75, 3.05) is 66.1 Å². The lowest BCUT2D eigenvalue weighted by Crippen LogP contribution is -2.60. The van der Waals surface area contributed by atoms with E-state index >= 15 is 0 Å². The minimum absolute atomic E-state index is 0.0126. The maximum atomic E-state index is 11.5. The standard InChI is InChI=1S/C46H84O24/c1-20(2)5-6-24-37(52)44(59)41(56)31(67-24)17-63-10-8-26-38(53)45(60)42(57)32(68-26)18-62-9-7-25-36(51)34(49)22(27(66-25)11-21(3)4)14-64-16-30-23(35(50)39(54)28(12-47)69-30)15-65-19-33-43(58)46(61)40(55)29(13-48)70-33/h20-61H,5-19H2,1-4H3. The second-order valence-corrected chi connectivity index (χ2v) is 20.5. The van der Waals surface area contributed by atoms with Gasteiger partial charge in [-0.05, 0) is 43.9 Å². The van der Waals surface area contributed by atoms with Crippen LogP contribution in [0.3, 0.4) is 0 Å². The minimum atomic E-state index is -1.62. The van der Waals surface area contributed by atoms with E-state index in [0.29, 0.717) is 18.8 Å². The smallest absolute Gasteiger partial charge is 0.111 e. The monoisotopic (exact) mass is 1020 g/mol. The maximum Gasteiger partial charge on any atom is 0.111 e. The van der Waals surface area contributed by atoms with Crippen molar-refractivity contribution >= 4 is 0 Å². The fourth-order valence-electron chi connectivity index (χ4n) is 9.92. The first-order valence-corrected chi connectivity index (χ1v) is 24.8. The van der Waals surface area contributed by atoms with E-state index in [1.54, 1.807) is 0 Å². The summed E-state index contributed by atoms with van der Waals surface area (Å²) < 4.78 is 52.8. The molecular weight excluding hydrogens is 936 g/mol. The third-order valence-corrected chi connectivity index (χ3v) is 14.4. The average Bonchev–Trinajstić information content (AvgIpc) is 3.32. The summed E-state index contributed by atoms with van der Waals surface area (Å²) in [5.41, 5.74) is 0. The zero-order chi connectivity index (χ0) is 51.6. The van der Waals surface area contributed by atoms with Crippen molar-refractivity contribution in [1.29, 1.82) is 0 Å². The Hall–Kier alpha value is -0.960. The number of hydrogen-bond acceptors (Lipinski definition) is 24. The zero-order valence-electron chi connectivity index (χ0n) is 40.6. The van der Waals surface area contributed by atoms with Crippen molar-refractivity contribution in [2.24, 2.45) is 23.7 Å². The van der Waals surface area contributed by atoms with Crippen molar-refractivity contribution < 1.29 is 119 Å². The molecule has 5 saturated heterocycles. The molecule has 0 aliphatic carbocycles. The Morgan fingerprint density at radius 2 is 0.629 bits per heavy atom. The SMILES string of the molecule is CC(C)CCC1OC(COCCC2OC(COCCC3OC(CC(C)C)C(COCC4OC(CO)C(O)C(O)C4COCC4OC(CO)C(O)C(O)C4O)C(O)C3O)C(O)C(O)C2O)C(O)C(O)C1O. The van der Waals surface area contributed by atoms with Crippen LogP contribution in [0.15, 0.2) is 0 Å². The van der Waals surface area contributed by atoms with Gasteiger partial charge in [0.2, 0.25) is 0 Å². The van der Waals surface area contributed by atoms with Gasteiger partial charge in [0, 0.05) is 25.0 Å². The highest BCUT2D eigenvalue weighted by molar-refractivity contribution is 4.97. The summed E-state index contributed by atoms with van der Waals surface area (Å²) in [7, 11) is 0. The molecule has 5 rings (SSSR count). The number of ether oxygens (including phenoxy) is 9. The fraction of sp³-hybridized carbons (Fsp3) is 1.00. The summed E-state index contributed by atoms with van der Waals surface area (Å²) in [5, 5.41) is 158. The molecule has 25 atom stereocenters. The predicted octanol–water partition coefficient (Wildman–Crippen LogP) is -5.94. The topological polar surface area (TPSA) is 387 Å². The minimum Gasteiger partial charge on any atom is -0.394 e. The number of aliphatic hydroxyl groups is 15. The first kappa shape index (κ1) is 59.9. The Kier molecular flexibility index (Phi) is 24.2. The quantitative estimate of drug-likeness (QED) is 0.0379. The summed E-state index contributed by atoms with van der Waals surface area (Å²) in [6.07, 6.45) is -26.8.